The molecule has 0 unspecified atom stereocenters. The molecule has 2 aromatic rings. The van der Waals surface area contributed by atoms with E-state index in [0.29, 0.717) is 21.7 Å². The number of aryl methyl sites for hydroxylation is 2. The second kappa shape index (κ2) is 4.91. The van der Waals surface area contributed by atoms with Crippen molar-refractivity contribution < 1.29 is 9.18 Å². The van der Waals surface area contributed by atoms with Gasteiger partial charge in [-0.15, -0.1) is 0 Å². The van der Waals surface area contributed by atoms with Crippen molar-refractivity contribution in [3.63, 3.8) is 0 Å². The molecule has 0 aliphatic rings. The molecule has 2 rings (SSSR count). The molecule has 0 fully saturated rings. The maximum atomic E-state index is 13.4. The topological polar surface area (TPSA) is 17.1 Å². The Hall–Kier alpha value is -1.67. The molecule has 2 aromatic carbocycles. The Labute approximate surface area is 110 Å². The second-order valence-corrected chi connectivity index (χ2v) is 4.70. The van der Waals surface area contributed by atoms with Gasteiger partial charge in [0, 0.05) is 11.1 Å². The molecule has 0 atom stereocenters. The molecular weight excluding hydrogens is 251 g/mol. The molecule has 0 aromatic heterocycles. The summed E-state index contributed by atoms with van der Waals surface area (Å²) in [4.78, 5) is 11.1. The van der Waals surface area contributed by atoms with Gasteiger partial charge in [-0.3, -0.25) is 4.79 Å². The molecule has 0 aliphatic carbocycles. The van der Waals surface area contributed by atoms with Crippen LogP contribution in [0.4, 0.5) is 4.39 Å². The number of benzene rings is 2. The van der Waals surface area contributed by atoms with Gasteiger partial charge in [-0.25, -0.2) is 4.39 Å². The van der Waals surface area contributed by atoms with Gasteiger partial charge in [-0.1, -0.05) is 35.4 Å². The fourth-order valence-corrected chi connectivity index (χ4v) is 2.12. The third-order valence-electron chi connectivity index (χ3n) is 2.87. The molecule has 0 amide bonds. The summed E-state index contributed by atoms with van der Waals surface area (Å²) < 4.78 is 13.4. The molecule has 0 saturated heterocycles. The molecule has 0 radical (unpaired) electrons. The van der Waals surface area contributed by atoms with Crippen LogP contribution in [0.25, 0.3) is 11.1 Å². The Morgan fingerprint density at radius 1 is 1.11 bits per heavy atom. The summed E-state index contributed by atoms with van der Waals surface area (Å²) in [5, 5.41) is 0.312. The van der Waals surface area contributed by atoms with Gasteiger partial charge in [0.1, 0.15) is 5.82 Å². The predicted octanol–water partition coefficient (Wildman–Crippen LogP) is 4.58. The Kier molecular flexibility index (Phi) is 3.48. The van der Waals surface area contributed by atoms with Gasteiger partial charge in [0.15, 0.2) is 6.29 Å². The van der Waals surface area contributed by atoms with Gasteiger partial charge in [-0.05, 0) is 37.1 Å². The minimum Gasteiger partial charge on any atom is -0.298 e. The average Bonchev–Trinajstić information content (AvgIpc) is 2.34. The second-order valence-electron chi connectivity index (χ2n) is 4.29. The van der Waals surface area contributed by atoms with E-state index >= 15 is 0 Å². The maximum Gasteiger partial charge on any atom is 0.150 e. The van der Waals surface area contributed by atoms with Crippen LogP contribution in [0.2, 0.25) is 5.02 Å². The van der Waals surface area contributed by atoms with Crippen molar-refractivity contribution in [2.45, 2.75) is 13.8 Å². The molecule has 0 aliphatic heterocycles. The molecule has 0 spiro atoms. The van der Waals surface area contributed by atoms with Crippen LogP contribution in [0.3, 0.4) is 0 Å². The number of carbonyl (C=O) groups excluding carboxylic acids is 1. The zero-order chi connectivity index (χ0) is 13.3. The highest BCUT2D eigenvalue weighted by Gasteiger charge is 2.11. The minimum absolute atomic E-state index is 0.312. The number of carbonyl (C=O) groups is 1. The number of aldehydes is 1. The van der Waals surface area contributed by atoms with Gasteiger partial charge >= 0.3 is 0 Å². The Morgan fingerprint density at radius 3 is 2.50 bits per heavy atom. The first-order chi connectivity index (χ1) is 8.52. The smallest absolute Gasteiger partial charge is 0.150 e. The van der Waals surface area contributed by atoms with Crippen molar-refractivity contribution in [1.82, 2.24) is 0 Å². The lowest BCUT2D eigenvalue weighted by Gasteiger charge is -2.10. The van der Waals surface area contributed by atoms with E-state index in [2.05, 4.69) is 0 Å². The van der Waals surface area contributed by atoms with Crippen LogP contribution in [0, 0.1) is 19.7 Å². The summed E-state index contributed by atoms with van der Waals surface area (Å²) >= 11 is 6.06. The standard InChI is InChI=1S/C15H12ClFO/c1-9-3-4-11(8-18)12(5-9)13-6-10(2)15(17)7-14(13)16/h3-8H,1-2H3. The molecular formula is C15H12ClFO. The van der Waals surface area contributed by atoms with E-state index in [1.54, 1.807) is 19.1 Å². The quantitative estimate of drug-likeness (QED) is 0.724. The summed E-state index contributed by atoms with van der Waals surface area (Å²) in [7, 11) is 0. The highest BCUT2D eigenvalue weighted by molar-refractivity contribution is 6.33. The zero-order valence-corrected chi connectivity index (χ0v) is 10.9. The van der Waals surface area contributed by atoms with Gasteiger partial charge in [0.05, 0.1) is 5.02 Å². The summed E-state index contributed by atoms with van der Waals surface area (Å²) in [6.07, 6.45) is 0.782. The third-order valence-corrected chi connectivity index (χ3v) is 3.19. The number of hydrogen-bond acceptors (Lipinski definition) is 1. The first-order valence-electron chi connectivity index (χ1n) is 5.55. The summed E-state index contributed by atoms with van der Waals surface area (Å²) in [6, 6.07) is 8.43. The average molecular weight is 263 g/mol. The molecule has 0 heterocycles. The van der Waals surface area contributed by atoms with Crippen LogP contribution in [0.1, 0.15) is 21.5 Å². The van der Waals surface area contributed by atoms with E-state index in [1.807, 2.05) is 19.1 Å². The molecule has 0 saturated carbocycles. The summed E-state index contributed by atoms with van der Waals surface area (Å²) in [6.45, 7) is 3.61. The molecule has 3 heteroatoms. The molecule has 18 heavy (non-hydrogen) atoms. The fraction of sp³-hybridized carbons (Fsp3) is 0.133. The molecule has 0 bridgehead atoms. The monoisotopic (exact) mass is 262 g/mol. The van der Waals surface area contributed by atoms with Gasteiger partial charge in [-0.2, -0.15) is 0 Å². The largest absolute Gasteiger partial charge is 0.298 e. The number of halogens is 2. The van der Waals surface area contributed by atoms with Gasteiger partial charge in [0.2, 0.25) is 0 Å². The van der Waals surface area contributed by atoms with E-state index < -0.39 is 0 Å². The lowest BCUT2D eigenvalue weighted by molar-refractivity contribution is 0.112. The van der Waals surface area contributed by atoms with Crippen LogP contribution >= 0.6 is 11.6 Å². The Balaban J connectivity index is 2.72. The van der Waals surface area contributed by atoms with Crippen molar-refractivity contribution in [1.29, 1.82) is 0 Å². The number of hydrogen-bond donors (Lipinski definition) is 0. The molecule has 0 N–H and O–H groups in total. The molecule has 92 valence electrons. The zero-order valence-electron chi connectivity index (χ0n) is 10.1. The van der Waals surface area contributed by atoms with Crippen molar-refractivity contribution in [3.05, 3.63) is 57.9 Å². The van der Waals surface area contributed by atoms with E-state index in [1.165, 1.54) is 6.07 Å². The van der Waals surface area contributed by atoms with Gasteiger partial charge < -0.3 is 0 Å². The first-order valence-corrected chi connectivity index (χ1v) is 5.92. The SMILES string of the molecule is Cc1ccc(C=O)c(-c2cc(C)c(F)cc2Cl)c1. The minimum atomic E-state index is -0.343. The lowest BCUT2D eigenvalue weighted by Crippen LogP contribution is -1.92. The van der Waals surface area contributed by atoms with E-state index in [4.69, 9.17) is 11.6 Å². The van der Waals surface area contributed by atoms with Crippen LogP contribution in [0.5, 0.6) is 0 Å². The van der Waals surface area contributed by atoms with Crippen molar-refractivity contribution in [3.8, 4) is 11.1 Å². The van der Waals surface area contributed by atoms with Crippen LogP contribution in [0.15, 0.2) is 30.3 Å². The fourth-order valence-electron chi connectivity index (χ4n) is 1.87. The highest BCUT2D eigenvalue weighted by Crippen LogP contribution is 2.32. The molecule has 1 nitrogen and oxygen atoms in total. The Morgan fingerprint density at radius 2 is 1.83 bits per heavy atom. The van der Waals surface area contributed by atoms with E-state index in [0.717, 1.165) is 17.4 Å². The first kappa shape index (κ1) is 12.8. The lowest BCUT2D eigenvalue weighted by atomic mass is 9.97. The van der Waals surface area contributed by atoms with Gasteiger partial charge in [0.25, 0.3) is 0 Å². The van der Waals surface area contributed by atoms with E-state index in [9.17, 15) is 9.18 Å². The highest BCUT2D eigenvalue weighted by atomic mass is 35.5. The van der Waals surface area contributed by atoms with E-state index in [-0.39, 0.29) is 5.82 Å². The van der Waals surface area contributed by atoms with Crippen molar-refractivity contribution in [2.75, 3.05) is 0 Å². The van der Waals surface area contributed by atoms with Crippen LogP contribution in [-0.2, 0) is 0 Å². The van der Waals surface area contributed by atoms with Crippen LogP contribution < -0.4 is 0 Å². The normalized spacial score (nSPS) is 10.4. The van der Waals surface area contributed by atoms with Crippen molar-refractivity contribution in [2.24, 2.45) is 0 Å². The predicted molar refractivity (Wildman–Crippen MR) is 71.7 cm³/mol. The summed E-state index contributed by atoms with van der Waals surface area (Å²) in [5.74, 6) is -0.343. The van der Waals surface area contributed by atoms with Crippen LogP contribution in [-0.4, -0.2) is 6.29 Å². The number of rotatable bonds is 2. The van der Waals surface area contributed by atoms with Crippen molar-refractivity contribution >= 4 is 17.9 Å². The Bertz CT molecular complexity index is 620. The summed E-state index contributed by atoms with van der Waals surface area (Å²) in [5.41, 5.74) is 3.49. The third kappa shape index (κ3) is 2.29. The maximum absolute atomic E-state index is 13.4.